The Balaban J connectivity index is 1.98. The van der Waals surface area contributed by atoms with E-state index in [2.05, 4.69) is 17.0 Å². The van der Waals surface area contributed by atoms with E-state index in [0.29, 0.717) is 22.2 Å². The van der Waals surface area contributed by atoms with Gasteiger partial charge in [0.1, 0.15) is 4.32 Å². The molecular formula is C19H20N2O3S3. The molecule has 0 spiro atoms. The molecule has 0 saturated carbocycles. The summed E-state index contributed by atoms with van der Waals surface area (Å²) in [4.78, 5) is 29.7. The van der Waals surface area contributed by atoms with Gasteiger partial charge in [0.25, 0.3) is 5.91 Å². The van der Waals surface area contributed by atoms with Crippen molar-refractivity contribution in [1.82, 2.24) is 4.90 Å². The number of amides is 1. The molecule has 142 valence electrons. The first-order valence-electron chi connectivity index (χ1n) is 8.52. The van der Waals surface area contributed by atoms with Crippen molar-refractivity contribution in [1.29, 1.82) is 0 Å². The summed E-state index contributed by atoms with van der Waals surface area (Å²) in [5, 5.41) is 1.02. The summed E-state index contributed by atoms with van der Waals surface area (Å²) < 4.78 is 5.36. The van der Waals surface area contributed by atoms with Gasteiger partial charge in [-0.3, -0.25) is 14.5 Å². The number of esters is 1. The van der Waals surface area contributed by atoms with Crippen molar-refractivity contribution in [3.05, 3.63) is 45.8 Å². The zero-order valence-corrected chi connectivity index (χ0v) is 17.8. The van der Waals surface area contributed by atoms with Crippen LogP contribution in [0, 0.1) is 0 Å². The molecule has 2 aliphatic rings. The molecule has 27 heavy (non-hydrogen) atoms. The van der Waals surface area contributed by atoms with Crippen LogP contribution in [0.15, 0.2) is 50.7 Å². The topological polar surface area (TPSA) is 49.9 Å². The van der Waals surface area contributed by atoms with Gasteiger partial charge in [0.2, 0.25) is 0 Å². The van der Waals surface area contributed by atoms with Gasteiger partial charge in [-0.15, -0.1) is 0 Å². The van der Waals surface area contributed by atoms with Gasteiger partial charge >= 0.3 is 5.97 Å². The maximum Gasteiger partial charge on any atom is 0.305 e. The zero-order valence-electron chi connectivity index (χ0n) is 15.4. The van der Waals surface area contributed by atoms with Crippen LogP contribution in [0.4, 0.5) is 5.69 Å². The second-order valence-corrected chi connectivity index (χ2v) is 8.67. The lowest BCUT2D eigenvalue weighted by atomic mass is 10.1. The van der Waals surface area contributed by atoms with Crippen molar-refractivity contribution in [2.75, 3.05) is 25.6 Å². The third-order valence-corrected chi connectivity index (χ3v) is 7.01. The first-order chi connectivity index (χ1) is 13.0. The number of allylic oxidation sites excluding steroid dienone is 2. The number of benzene rings is 1. The van der Waals surface area contributed by atoms with Crippen LogP contribution >= 0.6 is 35.7 Å². The molecule has 1 aromatic rings. The van der Waals surface area contributed by atoms with Gasteiger partial charge in [0.05, 0.1) is 22.7 Å². The molecule has 8 heteroatoms. The number of hydrogen-bond donors (Lipinski definition) is 0. The molecule has 1 saturated heterocycles. The van der Waals surface area contributed by atoms with Gasteiger partial charge in [0, 0.05) is 24.9 Å². The fourth-order valence-electron chi connectivity index (χ4n) is 2.89. The van der Waals surface area contributed by atoms with Crippen LogP contribution in [-0.4, -0.2) is 41.8 Å². The van der Waals surface area contributed by atoms with Gasteiger partial charge in [-0.25, -0.2) is 0 Å². The van der Waals surface area contributed by atoms with Crippen LogP contribution in [0.25, 0.3) is 0 Å². The Morgan fingerprint density at radius 2 is 2.00 bits per heavy atom. The molecule has 0 radical (unpaired) electrons. The number of carbonyl (C=O) groups excluding carboxylic acids is 2. The van der Waals surface area contributed by atoms with Crippen molar-refractivity contribution in [3.63, 3.8) is 0 Å². The highest BCUT2D eigenvalue weighted by molar-refractivity contribution is 8.26. The molecule has 2 heterocycles. The van der Waals surface area contributed by atoms with E-state index in [-0.39, 0.29) is 18.3 Å². The number of ether oxygens (including phenoxy) is 1. The summed E-state index contributed by atoms with van der Waals surface area (Å²) in [5.41, 5.74) is 2.04. The fraction of sp³-hybridized carbons (Fsp3) is 0.316. The van der Waals surface area contributed by atoms with E-state index in [0.717, 1.165) is 21.2 Å². The van der Waals surface area contributed by atoms with Crippen LogP contribution in [0.3, 0.4) is 0 Å². The molecule has 2 aliphatic heterocycles. The average molecular weight is 421 g/mol. The summed E-state index contributed by atoms with van der Waals surface area (Å²) in [6.45, 7) is 2.46. The molecule has 0 N–H and O–H groups in total. The van der Waals surface area contributed by atoms with Crippen molar-refractivity contribution in [3.8, 4) is 0 Å². The van der Waals surface area contributed by atoms with E-state index in [1.165, 1.54) is 18.9 Å². The Bertz CT molecular complexity index is 864. The quantitative estimate of drug-likeness (QED) is 0.403. The van der Waals surface area contributed by atoms with Crippen LogP contribution in [0.5, 0.6) is 0 Å². The van der Waals surface area contributed by atoms with Gasteiger partial charge in [-0.2, -0.15) is 0 Å². The Morgan fingerprint density at radius 3 is 2.63 bits per heavy atom. The molecular weight excluding hydrogens is 400 g/mol. The summed E-state index contributed by atoms with van der Waals surface area (Å²) in [5.74, 6) is -0.349. The van der Waals surface area contributed by atoms with Crippen molar-refractivity contribution in [2.24, 2.45) is 0 Å². The molecule has 5 nitrogen and oxygen atoms in total. The monoisotopic (exact) mass is 420 g/mol. The maximum atomic E-state index is 12.6. The zero-order chi connectivity index (χ0) is 19.6. The van der Waals surface area contributed by atoms with E-state index in [1.54, 1.807) is 16.7 Å². The predicted molar refractivity (Wildman–Crippen MR) is 115 cm³/mol. The molecule has 1 aromatic carbocycles. The predicted octanol–water partition coefficient (Wildman–Crippen LogP) is 4.16. The fourth-order valence-corrected chi connectivity index (χ4v) is 5.48. The number of methoxy groups -OCH3 is 1. The van der Waals surface area contributed by atoms with Crippen molar-refractivity contribution in [2.45, 2.75) is 24.7 Å². The van der Waals surface area contributed by atoms with Crippen molar-refractivity contribution < 1.29 is 14.3 Å². The number of hydrogen-bond acceptors (Lipinski definition) is 7. The Hall–Kier alpha value is -1.77. The van der Waals surface area contributed by atoms with Gasteiger partial charge < -0.3 is 9.64 Å². The van der Waals surface area contributed by atoms with Gasteiger partial charge in [0.15, 0.2) is 0 Å². The lowest BCUT2D eigenvalue weighted by Crippen LogP contribution is -2.27. The molecule has 0 aliphatic carbocycles. The lowest BCUT2D eigenvalue weighted by molar-refractivity contribution is -0.140. The van der Waals surface area contributed by atoms with E-state index < -0.39 is 0 Å². The summed E-state index contributed by atoms with van der Waals surface area (Å²) >= 11 is 8.26. The number of para-hydroxylation sites is 1. The number of likely N-dealkylation sites (N-methyl/N-ethyl adjacent to an activating group) is 1. The first kappa shape index (κ1) is 20.0. The molecule has 0 atom stereocenters. The largest absolute Gasteiger partial charge is 0.469 e. The van der Waals surface area contributed by atoms with Gasteiger partial charge in [-0.05, 0) is 37.1 Å². The molecule has 0 bridgehead atoms. The van der Waals surface area contributed by atoms with Crippen molar-refractivity contribution >= 4 is 57.6 Å². The second kappa shape index (κ2) is 8.50. The average Bonchev–Trinajstić information content (AvgIpc) is 3.14. The van der Waals surface area contributed by atoms with Crippen LogP contribution < -0.4 is 4.90 Å². The number of anilines is 1. The molecule has 3 rings (SSSR count). The first-order valence-corrected chi connectivity index (χ1v) is 10.6. The van der Waals surface area contributed by atoms with E-state index in [1.807, 2.05) is 32.2 Å². The van der Waals surface area contributed by atoms with Crippen LogP contribution in [0.1, 0.15) is 19.8 Å². The number of carbonyl (C=O) groups is 2. The summed E-state index contributed by atoms with van der Waals surface area (Å²) in [6, 6.07) is 8.13. The Labute approximate surface area is 172 Å². The SMILES string of the molecule is CCN1C(=O)/C(=C/C(CCC(=O)OC)=C2/Sc3ccccc3N2C)SC1=S. The summed E-state index contributed by atoms with van der Waals surface area (Å²) in [6.07, 6.45) is 2.62. The van der Waals surface area contributed by atoms with E-state index in [9.17, 15) is 9.59 Å². The molecule has 0 aromatic heterocycles. The van der Waals surface area contributed by atoms with Crippen LogP contribution in [-0.2, 0) is 14.3 Å². The minimum Gasteiger partial charge on any atom is -0.469 e. The molecule has 0 unspecified atom stereocenters. The number of thiocarbonyl (C=S) groups is 1. The van der Waals surface area contributed by atoms with Gasteiger partial charge in [-0.1, -0.05) is 47.9 Å². The van der Waals surface area contributed by atoms with Crippen LogP contribution in [0.2, 0.25) is 0 Å². The highest BCUT2D eigenvalue weighted by atomic mass is 32.2. The highest BCUT2D eigenvalue weighted by Gasteiger charge is 2.32. The number of nitrogens with zero attached hydrogens (tertiary/aromatic N) is 2. The number of fused-ring (bicyclic) bond motifs is 1. The Morgan fingerprint density at radius 1 is 1.26 bits per heavy atom. The summed E-state index contributed by atoms with van der Waals surface area (Å²) in [7, 11) is 3.38. The Kier molecular flexibility index (Phi) is 6.29. The molecule has 1 amide bonds. The smallest absolute Gasteiger partial charge is 0.305 e. The third-order valence-electron chi connectivity index (χ3n) is 4.33. The minimum absolute atomic E-state index is 0.0770. The van der Waals surface area contributed by atoms with E-state index >= 15 is 0 Å². The molecule has 1 fully saturated rings. The standard InChI is InChI=1S/C19H20N2O3S3/c1-4-21-17(23)15(27-19(21)25)11-12(9-10-16(22)24-3)18-20(2)13-7-5-6-8-14(13)26-18/h5-8,11H,4,9-10H2,1-3H3/b15-11-,18-12+. The number of rotatable bonds is 5. The number of thioether (sulfide) groups is 2. The maximum absolute atomic E-state index is 12.6. The highest BCUT2D eigenvalue weighted by Crippen LogP contribution is 2.47. The lowest BCUT2D eigenvalue weighted by Gasteiger charge is -2.17. The minimum atomic E-state index is -0.272. The second-order valence-electron chi connectivity index (χ2n) is 5.96. The third kappa shape index (κ3) is 4.07. The van der Waals surface area contributed by atoms with E-state index in [4.69, 9.17) is 17.0 Å². The normalized spacial score (nSPS) is 19.7.